The van der Waals surface area contributed by atoms with Crippen LogP contribution in [0.2, 0.25) is 5.02 Å². The second kappa shape index (κ2) is 13.4. The van der Waals surface area contributed by atoms with E-state index in [2.05, 4.69) is 44.3 Å². The zero-order valence-corrected chi connectivity index (χ0v) is 18.7. The fraction of sp³-hybridized carbons (Fsp3) is 0.389. The van der Waals surface area contributed by atoms with Gasteiger partial charge in [0, 0.05) is 35.6 Å². The lowest BCUT2D eigenvalue weighted by Crippen LogP contribution is -2.28. The molecule has 0 atom stereocenters. The maximum atomic E-state index is 5.95. The molecule has 0 saturated carbocycles. The van der Waals surface area contributed by atoms with Crippen LogP contribution in [0.25, 0.3) is 0 Å². The number of benzene rings is 1. The number of likely N-dealkylation sites (N-methyl/N-ethyl adjacent to an activating group) is 1. The van der Waals surface area contributed by atoms with Crippen LogP contribution in [0, 0.1) is 6.92 Å². The van der Waals surface area contributed by atoms with Crippen LogP contribution >= 0.6 is 36.4 Å². The van der Waals surface area contributed by atoms with Gasteiger partial charge in [-0.3, -0.25) is 0 Å². The molecule has 0 amide bonds. The number of nitrogens with two attached hydrogens (primary N) is 1. The number of nitrogens with zero attached hydrogens (tertiary/aromatic N) is 4. The van der Waals surface area contributed by atoms with E-state index in [1.165, 1.54) is 0 Å². The van der Waals surface area contributed by atoms with Gasteiger partial charge in [0.1, 0.15) is 5.82 Å². The molecule has 0 bridgehead atoms. The van der Waals surface area contributed by atoms with Crippen molar-refractivity contribution in [2.24, 2.45) is 10.7 Å². The highest BCUT2D eigenvalue weighted by Gasteiger charge is 2.04. The van der Waals surface area contributed by atoms with Crippen molar-refractivity contribution < 1.29 is 0 Å². The molecular formula is C18H28Cl3N7. The van der Waals surface area contributed by atoms with Crippen LogP contribution in [0.3, 0.4) is 0 Å². The molecule has 0 aliphatic carbocycles. The lowest BCUT2D eigenvalue weighted by Gasteiger charge is -2.18. The van der Waals surface area contributed by atoms with Gasteiger partial charge in [0.2, 0.25) is 5.96 Å². The van der Waals surface area contributed by atoms with E-state index in [0.717, 1.165) is 43.4 Å². The Kier molecular flexibility index (Phi) is 12.5. The van der Waals surface area contributed by atoms with Crippen molar-refractivity contribution in [1.29, 1.82) is 0 Å². The standard InChI is InChI=1S/C18H26ClN7.2ClH/c1-4-26(5-2)11-10-21-16-12-13(3)22-18(24-16)25-17(20)23-15-8-6-14(19)7-9-15;;/h6-9,12H,4-5,10-11H2,1-3H3,(H4,20,21,22,23,24,25);2*1H. The van der Waals surface area contributed by atoms with Gasteiger partial charge >= 0.3 is 0 Å². The molecule has 1 heterocycles. The maximum Gasteiger partial charge on any atom is 0.254 e. The lowest BCUT2D eigenvalue weighted by atomic mass is 10.3. The summed E-state index contributed by atoms with van der Waals surface area (Å²) in [6.45, 7) is 10.0. The number of anilines is 2. The molecule has 4 N–H and O–H groups in total. The Hall–Kier alpha value is -1.80. The third kappa shape index (κ3) is 8.93. The van der Waals surface area contributed by atoms with Gasteiger partial charge in [0.15, 0.2) is 0 Å². The van der Waals surface area contributed by atoms with Crippen molar-refractivity contribution in [2.45, 2.75) is 20.8 Å². The molecule has 1 aromatic heterocycles. The fourth-order valence-corrected chi connectivity index (χ4v) is 2.52. The highest BCUT2D eigenvalue weighted by molar-refractivity contribution is 6.30. The third-order valence-corrected chi connectivity index (χ3v) is 4.06. The van der Waals surface area contributed by atoms with E-state index in [1.54, 1.807) is 12.1 Å². The molecule has 10 heteroatoms. The summed E-state index contributed by atoms with van der Waals surface area (Å²) >= 11 is 5.87. The fourth-order valence-electron chi connectivity index (χ4n) is 2.39. The van der Waals surface area contributed by atoms with E-state index in [9.17, 15) is 0 Å². The molecule has 28 heavy (non-hydrogen) atoms. The van der Waals surface area contributed by atoms with Gasteiger partial charge in [-0.25, -0.2) is 4.98 Å². The number of halogens is 3. The average Bonchev–Trinajstić information content (AvgIpc) is 2.60. The van der Waals surface area contributed by atoms with Gasteiger partial charge in [0.25, 0.3) is 5.95 Å². The zero-order valence-electron chi connectivity index (χ0n) is 16.3. The van der Waals surface area contributed by atoms with Crippen LogP contribution in [-0.4, -0.2) is 47.0 Å². The molecule has 0 unspecified atom stereocenters. The first-order chi connectivity index (χ1) is 12.5. The second-order valence-corrected chi connectivity index (χ2v) is 6.21. The SMILES string of the molecule is CCN(CC)CCNc1cc(C)nc(N=C(N)Nc2ccc(Cl)cc2)n1.Cl.Cl. The van der Waals surface area contributed by atoms with Gasteiger partial charge in [-0.1, -0.05) is 25.4 Å². The third-order valence-electron chi connectivity index (χ3n) is 3.81. The van der Waals surface area contributed by atoms with Gasteiger partial charge < -0.3 is 21.3 Å². The summed E-state index contributed by atoms with van der Waals surface area (Å²) in [4.78, 5) is 15.3. The predicted octanol–water partition coefficient (Wildman–Crippen LogP) is 4.09. The van der Waals surface area contributed by atoms with Crippen LogP contribution in [-0.2, 0) is 0 Å². The molecule has 7 nitrogen and oxygen atoms in total. The minimum atomic E-state index is 0. The van der Waals surface area contributed by atoms with E-state index in [0.29, 0.717) is 11.0 Å². The van der Waals surface area contributed by atoms with Gasteiger partial charge in [-0.05, 0) is 44.3 Å². The van der Waals surface area contributed by atoms with Crippen LogP contribution in [0.5, 0.6) is 0 Å². The number of hydrogen-bond donors (Lipinski definition) is 3. The zero-order chi connectivity index (χ0) is 18.9. The molecule has 2 rings (SSSR count). The number of aromatic nitrogens is 2. The average molecular weight is 449 g/mol. The molecule has 156 valence electrons. The topological polar surface area (TPSA) is 91.5 Å². The molecule has 0 spiro atoms. The second-order valence-electron chi connectivity index (χ2n) is 5.78. The van der Waals surface area contributed by atoms with E-state index in [1.807, 2.05) is 25.1 Å². The van der Waals surface area contributed by atoms with Crippen molar-refractivity contribution >= 4 is 59.8 Å². The van der Waals surface area contributed by atoms with Gasteiger partial charge in [-0.2, -0.15) is 9.98 Å². The van der Waals surface area contributed by atoms with Crippen molar-refractivity contribution in [3.8, 4) is 0 Å². The lowest BCUT2D eigenvalue weighted by molar-refractivity contribution is 0.316. The number of aliphatic imine (C=N–C) groups is 1. The number of nitrogens with one attached hydrogen (secondary N) is 2. The van der Waals surface area contributed by atoms with E-state index in [-0.39, 0.29) is 30.8 Å². The van der Waals surface area contributed by atoms with Crippen LogP contribution in [0.15, 0.2) is 35.3 Å². The smallest absolute Gasteiger partial charge is 0.254 e. The van der Waals surface area contributed by atoms with E-state index < -0.39 is 0 Å². The molecular weight excluding hydrogens is 421 g/mol. The number of aryl methyl sites for hydroxylation is 1. The first-order valence-electron chi connectivity index (χ1n) is 8.68. The minimum Gasteiger partial charge on any atom is -0.369 e. The highest BCUT2D eigenvalue weighted by Crippen LogP contribution is 2.15. The van der Waals surface area contributed by atoms with Crippen molar-refractivity contribution in [1.82, 2.24) is 14.9 Å². The summed E-state index contributed by atoms with van der Waals surface area (Å²) in [6, 6.07) is 9.09. The van der Waals surface area contributed by atoms with Gasteiger partial charge in [0.05, 0.1) is 0 Å². The van der Waals surface area contributed by atoms with Crippen LogP contribution in [0.1, 0.15) is 19.5 Å². The highest BCUT2D eigenvalue weighted by atomic mass is 35.5. The molecule has 0 saturated heterocycles. The monoisotopic (exact) mass is 447 g/mol. The minimum absolute atomic E-state index is 0. The van der Waals surface area contributed by atoms with E-state index in [4.69, 9.17) is 17.3 Å². The Balaban J connectivity index is 0.00000364. The Bertz CT molecular complexity index is 734. The molecule has 0 aliphatic rings. The number of rotatable bonds is 8. The molecule has 0 fully saturated rings. The maximum absolute atomic E-state index is 5.95. The summed E-state index contributed by atoms with van der Waals surface area (Å²) < 4.78 is 0. The van der Waals surface area contributed by atoms with Crippen molar-refractivity contribution in [3.63, 3.8) is 0 Å². The summed E-state index contributed by atoms with van der Waals surface area (Å²) in [6.07, 6.45) is 0. The normalized spacial score (nSPS) is 10.8. The summed E-state index contributed by atoms with van der Waals surface area (Å²) in [5, 5.41) is 6.97. The van der Waals surface area contributed by atoms with E-state index >= 15 is 0 Å². The van der Waals surface area contributed by atoms with Crippen molar-refractivity contribution in [3.05, 3.63) is 41.0 Å². The Morgan fingerprint density at radius 1 is 1.14 bits per heavy atom. The van der Waals surface area contributed by atoms with Gasteiger partial charge in [-0.15, -0.1) is 24.8 Å². The van der Waals surface area contributed by atoms with Crippen LogP contribution < -0.4 is 16.4 Å². The Morgan fingerprint density at radius 2 is 1.79 bits per heavy atom. The first-order valence-corrected chi connectivity index (χ1v) is 9.06. The number of hydrogen-bond acceptors (Lipinski definition) is 5. The quantitative estimate of drug-likeness (QED) is 0.416. The Labute approximate surface area is 184 Å². The summed E-state index contributed by atoms with van der Waals surface area (Å²) in [5.74, 6) is 1.27. The van der Waals surface area contributed by atoms with Crippen molar-refractivity contribution in [2.75, 3.05) is 36.8 Å². The summed E-state index contributed by atoms with van der Waals surface area (Å²) in [5.41, 5.74) is 7.57. The predicted molar refractivity (Wildman–Crippen MR) is 124 cm³/mol. The largest absolute Gasteiger partial charge is 0.369 e. The first kappa shape index (κ1) is 26.2. The van der Waals surface area contributed by atoms with Crippen LogP contribution in [0.4, 0.5) is 17.5 Å². The Morgan fingerprint density at radius 3 is 2.39 bits per heavy atom. The summed E-state index contributed by atoms with van der Waals surface area (Å²) in [7, 11) is 0. The molecule has 2 aromatic rings. The molecule has 0 aliphatic heterocycles. The molecule has 0 radical (unpaired) electrons. The number of guanidine groups is 1. The molecule has 1 aromatic carbocycles.